The molecule has 3 nitrogen and oxygen atoms in total. The first-order chi connectivity index (χ1) is 6.20. The molecule has 0 saturated heterocycles. The van der Waals surface area contributed by atoms with E-state index in [1.807, 2.05) is 10.9 Å². The normalized spacial score (nSPS) is 27.9. The van der Waals surface area contributed by atoms with Gasteiger partial charge in [-0.1, -0.05) is 11.6 Å². The minimum absolute atomic E-state index is 0.451. The first-order valence-corrected chi connectivity index (χ1v) is 5.06. The lowest BCUT2D eigenvalue weighted by molar-refractivity contribution is 0.527. The summed E-state index contributed by atoms with van der Waals surface area (Å²) in [6.07, 6.45) is 6.04. The average molecular weight is 198 g/mol. The largest absolute Gasteiger partial charge is 0.381 e. The molecule has 2 fully saturated rings. The molecule has 2 saturated carbocycles. The smallest absolute Gasteiger partial charge is 0.164 e. The fourth-order valence-corrected chi connectivity index (χ4v) is 2.34. The maximum atomic E-state index is 5.81. The van der Waals surface area contributed by atoms with Crippen LogP contribution in [0.4, 0.5) is 5.82 Å². The molecule has 2 aliphatic rings. The maximum absolute atomic E-state index is 5.81. The lowest BCUT2D eigenvalue weighted by atomic mass is 10.3. The third-order valence-electron chi connectivity index (χ3n) is 3.40. The Labute approximate surface area is 81.9 Å². The monoisotopic (exact) mass is 197 g/mol. The van der Waals surface area contributed by atoms with E-state index in [-0.39, 0.29) is 0 Å². The van der Waals surface area contributed by atoms with Crippen molar-refractivity contribution in [2.75, 3.05) is 5.73 Å². The van der Waals surface area contributed by atoms with E-state index in [0.29, 0.717) is 10.8 Å². The summed E-state index contributed by atoms with van der Waals surface area (Å²) in [7, 11) is 0. The molecule has 1 unspecified atom stereocenters. The lowest BCUT2D eigenvalue weighted by Gasteiger charge is -1.97. The fourth-order valence-electron chi connectivity index (χ4n) is 2.19. The summed E-state index contributed by atoms with van der Waals surface area (Å²) in [5.74, 6) is 1.29. The van der Waals surface area contributed by atoms with Gasteiger partial charge in [0.25, 0.3) is 0 Å². The van der Waals surface area contributed by atoms with Gasteiger partial charge in [-0.2, -0.15) is 5.10 Å². The minimum atomic E-state index is 0.451. The molecule has 2 N–H and O–H groups in total. The zero-order valence-corrected chi connectivity index (χ0v) is 8.09. The van der Waals surface area contributed by atoms with Crippen LogP contribution in [0.3, 0.4) is 0 Å². The molecule has 1 aromatic heterocycles. The van der Waals surface area contributed by atoms with Crippen molar-refractivity contribution in [1.82, 2.24) is 9.78 Å². The van der Waals surface area contributed by atoms with Crippen LogP contribution in [0.2, 0.25) is 5.02 Å². The highest BCUT2D eigenvalue weighted by Gasteiger charge is 2.62. The molecule has 0 amide bonds. The predicted molar refractivity (Wildman–Crippen MR) is 51.4 cm³/mol. The van der Waals surface area contributed by atoms with Crippen molar-refractivity contribution >= 4 is 17.4 Å². The van der Waals surface area contributed by atoms with E-state index in [0.717, 1.165) is 17.9 Å². The van der Waals surface area contributed by atoms with E-state index in [9.17, 15) is 0 Å². The number of rotatable bonds is 2. The number of hydrogen-bond acceptors (Lipinski definition) is 2. The predicted octanol–water partition coefficient (Wildman–Crippen LogP) is 1.92. The number of nitrogen functional groups attached to an aromatic ring is 1. The molecule has 1 heterocycles. The number of halogens is 1. The summed E-state index contributed by atoms with van der Waals surface area (Å²) in [4.78, 5) is 0. The molecule has 1 spiro atoms. The molecule has 2 aliphatic carbocycles. The highest BCUT2D eigenvalue weighted by molar-refractivity contribution is 6.32. The van der Waals surface area contributed by atoms with Crippen molar-refractivity contribution in [1.29, 1.82) is 0 Å². The Morgan fingerprint density at radius 2 is 2.46 bits per heavy atom. The highest BCUT2D eigenvalue weighted by Crippen LogP contribution is 2.70. The number of anilines is 1. The number of nitrogens with zero attached hydrogens (tertiary/aromatic N) is 2. The molecule has 3 rings (SSSR count). The van der Waals surface area contributed by atoms with Gasteiger partial charge in [0.1, 0.15) is 5.02 Å². The van der Waals surface area contributed by atoms with Gasteiger partial charge in [0.15, 0.2) is 5.82 Å². The number of aromatic nitrogens is 2. The van der Waals surface area contributed by atoms with Crippen LogP contribution in [-0.2, 0) is 6.54 Å². The van der Waals surface area contributed by atoms with Crippen molar-refractivity contribution in [3.8, 4) is 0 Å². The molecule has 0 bridgehead atoms. The van der Waals surface area contributed by atoms with E-state index < -0.39 is 0 Å². The van der Waals surface area contributed by atoms with Crippen molar-refractivity contribution in [2.45, 2.75) is 25.8 Å². The van der Waals surface area contributed by atoms with Gasteiger partial charge in [0.05, 0.1) is 0 Å². The first-order valence-electron chi connectivity index (χ1n) is 4.68. The van der Waals surface area contributed by atoms with Gasteiger partial charge in [0.2, 0.25) is 0 Å². The van der Waals surface area contributed by atoms with Crippen LogP contribution in [-0.4, -0.2) is 9.78 Å². The van der Waals surface area contributed by atoms with Gasteiger partial charge >= 0.3 is 0 Å². The fraction of sp³-hybridized carbons (Fsp3) is 0.667. The second-order valence-electron chi connectivity index (χ2n) is 4.35. The van der Waals surface area contributed by atoms with Crippen molar-refractivity contribution in [3.05, 3.63) is 11.2 Å². The van der Waals surface area contributed by atoms with Gasteiger partial charge in [-0.05, 0) is 30.6 Å². The van der Waals surface area contributed by atoms with Crippen LogP contribution < -0.4 is 5.73 Å². The lowest BCUT2D eigenvalue weighted by Crippen LogP contribution is -2.02. The summed E-state index contributed by atoms with van der Waals surface area (Å²) in [5.41, 5.74) is 6.29. The van der Waals surface area contributed by atoms with Crippen molar-refractivity contribution < 1.29 is 0 Å². The Bertz CT molecular complexity index is 334. The third kappa shape index (κ3) is 1.14. The molecular formula is C9H12ClN3. The Balaban J connectivity index is 1.72. The molecule has 70 valence electrons. The Kier molecular flexibility index (Phi) is 1.30. The standard InChI is InChI=1S/C9H12ClN3/c10-7-5-13(12-8(7)11)4-6-3-9(6)1-2-9/h5-6H,1-4H2,(H2,11,12). The summed E-state index contributed by atoms with van der Waals surface area (Å²) < 4.78 is 1.88. The summed E-state index contributed by atoms with van der Waals surface area (Å²) in [5, 5.41) is 4.72. The minimum Gasteiger partial charge on any atom is -0.381 e. The average Bonchev–Trinajstić information content (AvgIpc) is 2.93. The van der Waals surface area contributed by atoms with Crippen LogP contribution in [0, 0.1) is 11.3 Å². The Morgan fingerprint density at radius 3 is 2.92 bits per heavy atom. The topological polar surface area (TPSA) is 43.8 Å². The summed E-state index contributed by atoms with van der Waals surface area (Å²) in [6, 6.07) is 0. The quantitative estimate of drug-likeness (QED) is 0.787. The molecule has 4 heteroatoms. The maximum Gasteiger partial charge on any atom is 0.164 e. The van der Waals surface area contributed by atoms with Gasteiger partial charge in [-0.15, -0.1) is 0 Å². The van der Waals surface area contributed by atoms with E-state index in [1.54, 1.807) is 0 Å². The van der Waals surface area contributed by atoms with E-state index >= 15 is 0 Å². The number of nitrogens with two attached hydrogens (primary N) is 1. The first kappa shape index (κ1) is 7.68. The highest BCUT2D eigenvalue weighted by atomic mass is 35.5. The second-order valence-corrected chi connectivity index (χ2v) is 4.75. The van der Waals surface area contributed by atoms with Crippen LogP contribution in [0.15, 0.2) is 6.20 Å². The van der Waals surface area contributed by atoms with E-state index in [2.05, 4.69) is 5.10 Å². The third-order valence-corrected chi connectivity index (χ3v) is 3.69. The van der Waals surface area contributed by atoms with Gasteiger partial charge in [-0.25, -0.2) is 0 Å². The molecule has 0 aliphatic heterocycles. The van der Waals surface area contributed by atoms with E-state index in [4.69, 9.17) is 17.3 Å². The zero-order chi connectivity index (χ0) is 9.05. The molecule has 1 aromatic rings. The molecule has 0 radical (unpaired) electrons. The van der Waals surface area contributed by atoms with Crippen LogP contribution in [0.5, 0.6) is 0 Å². The van der Waals surface area contributed by atoms with Crippen LogP contribution >= 0.6 is 11.6 Å². The SMILES string of the molecule is Nc1nn(CC2CC23CC3)cc1Cl. The van der Waals surface area contributed by atoms with E-state index in [1.165, 1.54) is 19.3 Å². The Hall–Kier alpha value is -0.700. The van der Waals surface area contributed by atoms with Gasteiger partial charge in [0, 0.05) is 12.7 Å². The molecule has 13 heavy (non-hydrogen) atoms. The van der Waals surface area contributed by atoms with Crippen molar-refractivity contribution in [3.63, 3.8) is 0 Å². The number of hydrogen-bond donors (Lipinski definition) is 1. The summed E-state index contributed by atoms with van der Waals surface area (Å²) in [6.45, 7) is 0.997. The second kappa shape index (κ2) is 2.21. The van der Waals surface area contributed by atoms with Gasteiger partial charge < -0.3 is 5.73 Å². The summed E-state index contributed by atoms with van der Waals surface area (Å²) >= 11 is 5.81. The molecule has 1 atom stereocenters. The molecule has 0 aromatic carbocycles. The van der Waals surface area contributed by atoms with Crippen LogP contribution in [0.1, 0.15) is 19.3 Å². The van der Waals surface area contributed by atoms with Crippen molar-refractivity contribution in [2.24, 2.45) is 11.3 Å². The van der Waals surface area contributed by atoms with Gasteiger partial charge in [-0.3, -0.25) is 4.68 Å². The van der Waals surface area contributed by atoms with Crippen LogP contribution in [0.25, 0.3) is 0 Å². The zero-order valence-electron chi connectivity index (χ0n) is 7.33. The Morgan fingerprint density at radius 1 is 1.69 bits per heavy atom. The molecular weight excluding hydrogens is 186 g/mol.